The van der Waals surface area contributed by atoms with Crippen LogP contribution in [-0.2, 0) is 30.0 Å². The summed E-state index contributed by atoms with van der Waals surface area (Å²) in [6, 6.07) is 31.1. The Hall–Kier alpha value is -2.62. The maximum absolute atomic E-state index is 11.5. The summed E-state index contributed by atoms with van der Waals surface area (Å²) in [4.78, 5) is 0. The topological polar surface area (TPSA) is 66.4 Å². The van der Waals surface area contributed by atoms with Crippen molar-refractivity contribution in [3.63, 3.8) is 0 Å². The Kier molecular flexibility index (Phi) is 9.49. The van der Waals surface area contributed by atoms with E-state index < -0.39 is 44.6 Å². The number of aliphatic hydroxyl groups excluding tert-OH is 1. The molecule has 42 heavy (non-hydrogen) atoms. The number of hydrogen-bond acceptors (Lipinski definition) is 6. The Morgan fingerprint density at radius 2 is 1.38 bits per heavy atom. The summed E-state index contributed by atoms with van der Waals surface area (Å²) in [5.41, 5.74) is 1.12. The molecule has 2 aliphatic heterocycles. The highest BCUT2D eigenvalue weighted by Gasteiger charge is 2.56. The maximum Gasteiger partial charge on any atom is 0.261 e. The van der Waals surface area contributed by atoms with Crippen molar-refractivity contribution in [2.24, 2.45) is 0 Å². The molecule has 2 saturated heterocycles. The zero-order chi connectivity index (χ0) is 29.8. The van der Waals surface area contributed by atoms with Crippen LogP contribution in [0.2, 0.25) is 5.04 Å². The lowest BCUT2D eigenvalue weighted by Crippen LogP contribution is -2.68. The third-order valence-corrected chi connectivity index (χ3v) is 13.1. The van der Waals surface area contributed by atoms with Gasteiger partial charge in [0, 0.05) is 0 Å². The summed E-state index contributed by atoms with van der Waals surface area (Å²) in [5.74, 6) is -0.830. The van der Waals surface area contributed by atoms with Crippen LogP contribution in [0.25, 0.3) is 0 Å². The summed E-state index contributed by atoms with van der Waals surface area (Å²) >= 11 is 0. The molecule has 0 spiro atoms. The minimum Gasteiger partial charge on any atom is -0.405 e. The van der Waals surface area contributed by atoms with Crippen LogP contribution >= 0.6 is 0 Å². The molecule has 0 bridgehead atoms. The van der Waals surface area contributed by atoms with Crippen molar-refractivity contribution < 1.29 is 28.5 Å². The van der Waals surface area contributed by atoms with Crippen molar-refractivity contribution in [3.05, 3.63) is 109 Å². The third-order valence-electron chi connectivity index (χ3n) is 8.07. The van der Waals surface area contributed by atoms with Crippen molar-refractivity contribution >= 4 is 18.7 Å². The molecule has 7 heteroatoms. The second-order valence-corrected chi connectivity index (χ2v) is 16.9. The highest BCUT2D eigenvalue weighted by Crippen LogP contribution is 2.40. The van der Waals surface area contributed by atoms with E-state index >= 15 is 0 Å². The van der Waals surface area contributed by atoms with Gasteiger partial charge in [0.15, 0.2) is 5.79 Å². The van der Waals surface area contributed by atoms with Crippen LogP contribution in [0.4, 0.5) is 0 Å². The fourth-order valence-electron chi connectivity index (χ4n) is 6.18. The van der Waals surface area contributed by atoms with E-state index in [4.69, 9.17) is 23.4 Å². The summed E-state index contributed by atoms with van der Waals surface area (Å²) in [6.07, 6.45) is 1.00. The molecule has 3 aromatic carbocycles. The van der Waals surface area contributed by atoms with Crippen LogP contribution in [0.1, 0.15) is 40.2 Å². The van der Waals surface area contributed by atoms with Crippen molar-refractivity contribution in [1.82, 2.24) is 0 Å². The minimum atomic E-state index is -2.82. The molecule has 3 aromatic rings. The monoisotopic (exact) mass is 588 g/mol. The standard InChI is InChI=1S/C35H44O6Si/c1-34(2,3)42(27-18-11-7-12-19-27,28-20-13-8-14-21-28)38-25-30-31(36)33-32(40-35(4,5)41-33)29(39-30)22-15-23-37-24-26-16-9-6-10-17-26/h6-22,29-33,36H,23-25H2,1-5H3/b22-15+/t29-,30-,31-,32-,33+/m1/s1. The predicted molar refractivity (Wildman–Crippen MR) is 167 cm³/mol. The van der Waals surface area contributed by atoms with E-state index in [2.05, 4.69) is 69.3 Å². The van der Waals surface area contributed by atoms with Gasteiger partial charge in [0.1, 0.15) is 30.5 Å². The molecule has 0 unspecified atom stereocenters. The Morgan fingerprint density at radius 1 is 0.833 bits per heavy atom. The highest BCUT2D eigenvalue weighted by molar-refractivity contribution is 6.99. The molecule has 1 N–H and O–H groups in total. The van der Waals surface area contributed by atoms with E-state index in [1.807, 2.05) is 68.5 Å². The van der Waals surface area contributed by atoms with Gasteiger partial charge in [-0.05, 0) is 34.8 Å². The van der Waals surface area contributed by atoms with Gasteiger partial charge in [-0.25, -0.2) is 0 Å². The van der Waals surface area contributed by atoms with Gasteiger partial charge in [0.25, 0.3) is 8.32 Å². The van der Waals surface area contributed by atoms with Gasteiger partial charge in [0.2, 0.25) is 0 Å². The summed E-state index contributed by atoms with van der Waals surface area (Å²) in [7, 11) is -2.82. The summed E-state index contributed by atoms with van der Waals surface area (Å²) in [5, 5.41) is 13.7. The molecule has 2 fully saturated rings. The molecule has 2 aliphatic rings. The van der Waals surface area contributed by atoms with Gasteiger partial charge >= 0.3 is 0 Å². The predicted octanol–water partition coefficient (Wildman–Crippen LogP) is 4.98. The first-order chi connectivity index (χ1) is 20.1. The molecule has 0 aliphatic carbocycles. The van der Waals surface area contributed by atoms with Gasteiger partial charge in [0.05, 0.1) is 19.8 Å². The van der Waals surface area contributed by atoms with Crippen molar-refractivity contribution in [2.75, 3.05) is 13.2 Å². The molecule has 5 rings (SSSR count). The van der Waals surface area contributed by atoms with Gasteiger partial charge in [-0.1, -0.05) is 124 Å². The lowest BCUT2D eigenvalue weighted by atomic mass is 9.95. The normalized spacial score (nSPS) is 25.9. The molecule has 0 aromatic heterocycles. The third kappa shape index (κ3) is 6.63. The first kappa shape index (κ1) is 30.8. The highest BCUT2D eigenvalue weighted by atomic mass is 28.4. The number of ether oxygens (including phenoxy) is 4. The number of rotatable bonds is 10. The molecule has 6 nitrogen and oxygen atoms in total. The van der Waals surface area contributed by atoms with Crippen molar-refractivity contribution in [1.29, 1.82) is 0 Å². The van der Waals surface area contributed by atoms with Gasteiger partial charge in [-0.15, -0.1) is 0 Å². The van der Waals surface area contributed by atoms with E-state index in [0.717, 1.165) is 5.56 Å². The van der Waals surface area contributed by atoms with E-state index in [0.29, 0.717) is 13.2 Å². The Labute approximate surface area is 251 Å². The maximum atomic E-state index is 11.5. The quantitative estimate of drug-likeness (QED) is 0.205. The Bertz CT molecular complexity index is 1250. The fourth-order valence-corrected chi connectivity index (χ4v) is 10.7. The zero-order valence-electron chi connectivity index (χ0n) is 25.3. The number of hydrogen-bond donors (Lipinski definition) is 1. The largest absolute Gasteiger partial charge is 0.405 e. The van der Waals surface area contributed by atoms with E-state index in [9.17, 15) is 5.11 Å². The van der Waals surface area contributed by atoms with Gasteiger partial charge in [-0.3, -0.25) is 0 Å². The minimum absolute atomic E-state index is 0.192. The van der Waals surface area contributed by atoms with Crippen molar-refractivity contribution in [2.45, 2.75) is 82.6 Å². The second-order valence-electron chi connectivity index (χ2n) is 12.6. The van der Waals surface area contributed by atoms with Gasteiger partial charge < -0.3 is 28.5 Å². The van der Waals surface area contributed by atoms with Crippen LogP contribution < -0.4 is 10.4 Å². The van der Waals surface area contributed by atoms with Crippen LogP contribution in [0.3, 0.4) is 0 Å². The lowest BCUT2D eigenvalue weighted by molar-refractivity contribution is -0.182. The molecule has 5 atom stereocenters. The molecule has 2 heterocycles. The first-order valence-electron chi connectivity index (χ1n) is 14.8. The van der Waals surface area contributed by atoms with Crippen LogP contribution in [0, 0.1) is 0 Å². The average molecular weight is 589 g/mol. The summed E-state index contributed by atoms with van der Waals surface area (Å²) in [6.45, 7) is 11.6. The summed E-state index contributed by atoms with van der Waals surface area (Å²) < 4.78 is 32.0. The van der Waals surface area contributed by atoms with Crippen LogP contribution in [0.15, 0.2) is 103 Å². The van der Waals surface area contributed by atoms with E-state index in [1.54, 1.807) is 0 Å². The lowest BCUT2D eigenvalue weighted by Gasteiger charge is -2.45. The average Bonchev–Trinajstić information content (AvgIpc) is 3.31. The number of fused-ring (bicyclic) bond motifs is 1. The number of benzene rings is 3. The molecule has 0 radical (unpaired) electrons. The fraction of sp³-hybridized carbons (Fsp3) is 0.429. The van der Waals surface area contributed by atoms with Crippen LogP contribution in [0.5, 0.6) is 0 Å². The second kappa shape index (κ2) is 12.9. The smallest absolute Gasteiger partial charge is 0.261 e. The molecule has 224 valence electrons. The molecule has 0 saturated carbocycles. The van der Waals surface area contributed by atoms with Crippen LogP contribution in [-0.4, -0.2) is 62.9 Å². The first-order valence-corrected chi connectivity index (χ1v) is 16.7. The molecule has 0 amide bonds. The molecular formula is C35H44O6Si. The Balaban J connectivity index is 1.37. The zero-order valence-corrected chi connectivity index (χ0v) is 26.3. The SMILES string of the molecule is CC1(C)O[C@H]2[C@H](O)[C@@H](CO[Si](c3ccccc3)(c3ccccc3)C(C)(C)C)O[C@H](/C=C/COCc3ccccc3)[C@H]2O1. The van der Waals surface area contributed by atoms with Gasteiger partial charge in [-0.2, -0.15) is 0 Å². The Morgan fingerprint density at radius 3 is 1.95 bits per heavy atom. The van der Waals surface area contributed by atoms with Crippen molar-refractivity contribution in [3.8, 4) is 0 Å². The molecular weight excluding hydrogens is 544 g/mol. The van der Waals surface area contributed by atoms with E-state index in [-0.39, 0.29) is 11.6 Å². The van der Waals surface area contributed by atoms with E-state index in [1.165, 1.54) is 10.4 Å². The number of aliphatic hydroxyl groups is 1.